The van der Waals surface area contributed by atoms with Crippen molar-refractivity contribution < 1.29 is 34.1 Å². The van der Waals surface area contributed by atoms with Gasteiger partial charge in [0.1, 0.15) is 5.75 Å². The molecule has 0 bridgehead atoms. The van der Waals surface area contributed by atoms with Crippen LogP contribution in [0.2, 0.25) is 0 Å². The topological polar surface area (TPSA) is 51.5 Å². The van der Waals surface area contributed by atoms with Crippen molar-refractivity contribution in [1.82, 2.24) is 4.57 Å². The second-order valence-electron chi connectivity index (χ2n) is 3.09. The van der Waals surface area contributed by atoms with Crippen molar-refractivity contribution in [2.24, 2.45) is 0 Å². The van der Waals surface area contributed by atoms with E-state index in [1.165, 1.54) is 4.57 Å². The molecule has 0 saturated carbocycles. The summed E-state index contributed by atoms with van der Waals surface area (Å²) in [5.74, 6) is 0.163. The first kappa shape index (κ1) is 12.7. The number of phenols is 1. The molecule has 1 aromatic heterocycles. The fourth-order valence-electron chi connectivity index (χ4n) is 1.50. The number of fused-ring (bicyclic) bond motifs is 1. The SMILES string of the molecule is CCOC(=O)n1ccc2c(O)cccc21.[Ru]. The minimum Gasteiger partial charge on any atom is -0.507 e. The van der Waals surface area contributed by atoms with E-state index in [0.717, 1.165) is 0 Å². The first-order valence-electron chi connectivity index (χ1n) is 4.70. The van der Waals surface area contributed by atoms with Gasteiger partial charge in [-0.25, -0.2) is 4.79 Å². The molecule has 86 valence electrons. The van der Waals surface area contributed by atoms with Crippen LogP contribution >= 0.6 is 0 Å². The van der Waals surface area contributed by atoms with Gasteiger partial charge in [0.2, 0.25) is 0 Å². The Labute approximate surface area is 106 Å². The van der Waals surface area contributed by atoms with Gasteiger partial charge in [0.05, 0.1) is 12.1 Å². The third-order valence-corrected chi connectivity index (χ3v) is 2.17. The molecule has 0 radical (unpaired) electrons. The zero-order valence-electron chi connectivity index (χ0n) is 8.66. The Morgan fingerprint density at radius 3 is 2.88 bits per heavy atom. The predicted molar refractivity (Wildman–Crippen MR) is 56.0 cm³/mol. The van der Waals surface area contributed by atoms with Crippen LogP contribution in [0.25, 0.3) is 10.9 Å². The van der Waals surface area contributed by atoms with Crippen molar-refractivity contribution in [3.8, 4) is 5.75 Å². The first-order valence-corrected chi connectivity index (χ1v) is 4.70. The number of rotatable bonds is 1. The van der Waals surface area contributed by atoms with E-state index in [9.17, 15) is 9.90 Å². The van der Waals surface area contributed by atoms with E-state index in [2.05, 4.69) is 0 Å². The minimum atomic E-state index is -0.432. The van der Waals surface area contributed by atoms with Gasteiger partial charge in [0.15, 0.2) is 0 Å². The Balaban J connectivity index is 0.00000128. The fourth-order valence-corrected chi connectivity index (χ4v) is 1.50. The number of carbonyl (C=O) groups is 1. The minimum absolute atomic E-state index is 0. The molecule has 0 aliphatic heterocycles. The molecule has 2 aromatic rings. The molecule has 0 spiro atoms. The summed E-state index contributed by atoms with van der Waals surface area (Å²) in [6.07, 6.45) is 1.15. The molecule has 4 nitrogen and oxygen atoms in total. The van der Waals surface area contributed by atoms with Crippen LogP contribution in [0.5, 0.6) is 5.75 Å². The van der Waals surface area contributed by atoms with Crippen molar-refractivity contribution in [3.63, 3.8) is 0 Å². The van der Waals surface area contributed by atoms with Gasteiger partial charge in [0, 0.05) is 31.1 Å². The number of nitrogens with zero attached hydrogens (tertiary/aromatic N) is 1. The maximum atomic E-state index is 11.5. The molecule has 0 atom stereocenters. The van der Waals surface area contributed by atoms with E-state index >= 15 is 0 Å². The molecule has 1 N–H and O–H groups in total. The van der Waals surface area contributed by atoms with Crippen LogP contribution in [-0.4, -0.2) is 22.4 Å². The molecule has 16 heavy (non-hydrogen) atoms. The van der Waals surface area contributed by atoms with Crippen molar-refractivity contribution in [2.75, 3.05) is 6.61 Å². The summed E-state index contributed by atoms with van der Waals surface area (Å²) in [7, 11) is 0. The van der Waals surface area contributed by atoms with Gasteiger partial charge in [0.25, 0.3) is 0 Å². The van der Waals surface area contributed by atoms with Gasteiger partial charge in [-0.15, -0.1) is 0 Å². The second-order valence-corrected chi connectivity index (χ2v) is 3.09. The Bertz CT molecular complexity index is 507. The van der Waals surface area contributed by atoms with Crippen molar-refractivity contribution >= 4 is 17.0 Å². The molecule has 0 unspecified atom stereocenters. The summed E-state index contributed by atoms with van der Waals surface area (Å²) in [6.45, 7) is 2.08. The predicted octanol–water partition coefficient (Wildman–Crippen LogP) is 2.35. The molecule has 2 rings (SSSR count). The quantitative estimate of drug-likeness (QED) is 0.823. The van der Waals surface area contributed by atoms with Crippen LogP contribution in [0.1, 0.15) is 6.92 Å². The Morgan fingerprint density at radius 2 is 2.19 bits per heavy atom. The number of aromatic nitrogens is 1. The van der Waals surface area contributed by atoms with Gasteiger partial charge < -0.3 is 9.84 Å². The van der Waals surface area contributed by atoms with E-state index in [0.29, 0.717) is 17.5 Å². The smallest absolute Gasteiger partial charge is 0.418 e. The van der Waals surface area contributed by atoms with Gasteiger partial charge in [-0.3, -0.25) is 4.57 Å². The third kappa shape index (κ3) is 2.09. The summed E-state index contributed by atoms with van der Waals surface area (Å²) in [4.78, 5) is 11.5. The average molecular weight is 306 g/mol. The normalized spacial score (nSPS) is 9.81. The number of hydrogen-bond donors (Lipinski definition) is 1. The molecule has 0 aliphatic rings. The average Bonchev–Trinajstić information content (AvgIpc) is 2.63. The zero-order chi connectivity index (χ0) is 10.8. The number of carbonyl (C=O) groups excluding carboxylic acids is 1. The van der Waals surface area contributed by atoms with Gasteiger partial charge in [-0.05, 0) is 25.1 Å². The Hall–Kier alpha value is -1.35. The van der Waals surface area contributed by atoms with E-state index in [1.54, 1.807) is 37.4 Å². The van der Waals surface area contributed by atoms with Crippen LogP contribution in [0.15, 0.2) is 30.5 Å². The van der Waals surface area contributed by atoms with Crippen LogP contribution in [-0.2, 0) is 24.2 Å². The van der Waals surface area contributed by atoms with E-state index < -0.39 is 6.09 Å². The zero-order valence-corrected chi connectivity index (χ0v) is 10.4. The molecule has 0 saturated heterocycles. The fraction of sp³-hybridized carbons (Fsp3) is 0.182. The summed E-state index contributed by atoms with van der Waals surface area (Å²) in [5.41, 5.74) is 0.647. The Kier molecular flexibility index (Phi) is 4.07. The summed E-state index contributed by atoms with van der Waals surface area (Å²) < 4.78 is 6.25. The van der Waals surface area contributed by atoms with Gasteiger partial charge in [-0.2, -0.15) is 0 Å². The monoisotopic (exact) mass is 307 g/mol. The molecule has 0 amide bonds. The standard InChI is InChI=1S/C11H11NO3.Ru/c1-2-15-11(14)12-7-6-8-9(12)4-3-5-10(8)13;/h3-7,13H,2H2,1H3;. The van der Waals surface area contributed by atoms with Gasteiger partial charge >= 0.3 is 6.09 Å². The first-order chi connectivity index (χ1) is 7.24. The molecule has 1 heterocycles. The summed E-state index contributed by atoms with van der Waals surface area (Å²) in [5, 5.41) is 10.2. The molecular weight excluding hydrogens is 295 g/mol. The number of benzene rings is 1. The number of ether oxygens (including phenoxy) is 1. The van der Waals surface area contributed by atoms with Crippen molar-refractivity contribution in [3.05, 3.63) is 30.5 Å². The number of aromatic hydroxyl groups is 1. The van der Waals surface area contributed by atoms with Crippen molar-refractivity contribution in [2.45, 2.75) is 6.92 Å². The molecular formula is C11H11NO3Ru. The van der Waals surface area contributed by atoms with Crippen molar-refractivity contribution in [1.29, 1.82) is 0 Å². The third-order valence-electron chi connectivity index (χ3n) is 2.17. The van der Waals surface area contributed by atoms with Crippen LogP contribution in [0, 0.1) is 0 Å². The van der Waals surface area contributed by atoms with E-state index in [-0.39, 0.29) is 25.2 Å². The van der Waals surface area contributed by atoms with Crippen LogP contribution in [0.4, 0.5) is 4.79 Å². The van der Waals surface area contributed by atoms with E-state index in [1.807, 2.05) is 0 Å². The van der Waals surface area contributed by atoms with Gasteiger partial charge in [-0.1, -0.05) is 6.07 Å². The largest absolute Gasteiger partial charge is 0.507 e. The molecule has 5 heteroatoms. The number of phenolic OH excluding ortho intramolecular Hbond substituents is 1. The maximum absolute atomic E-state index is 11.5. The second kappa shape index (κ2) is 5.12. The molecule has 0 aliphatic carbocycles. The number of hydrogen-bond acceptors (Lipinski definition) is 3. The molecule has 0 fully saturated rings. The maximum Gasteiger partial charge on any atom is 0.418 e. The van der Waals surface area contributed by atoms with Crippen LogP contribution < -0.4 is 0 Å². The summed E-state index contributed by atoms with van der Waals surface area (Å²) >= 11 is 0. The van der Waals surface area contributed by atoms with Crippen LogP contribution in [0.3, 0.4) is 0 Å². The van der Waals surface area contributed by atoms with E-state index in [4.69, 9.17) is 4.74 Å². The molecule has 1 aromatic carbocycles. The Morgan fingerprint density at radius 1 is 1.44 bits per heavy atom. The summed E-state index contributed by atoms with van der Waals surface area (Å²) in [6, 6.07) is 6.71.